The second-order valence-electron chi connectivity index (χ2n) is 3.54. The molecule has 0 saturated carbocycles. The van der Waals surface area contributed by atoms with E-state index in [1.807, 2.05) is 0 Å². The van der Waals surface area contributed by atoms with Gasteiger partial charge in [-0.25, -0.2) is 0 Å². The molecule has 1 saturated heterocycles. The highest BCUT2D eigenvalue weighted by Crippen LogP contribution is 2.06. The van der Waals surface area contributed by atoms with Crippen molar-refractivity contribution in [2.75, 3.05) is 39.5 Å². The molecule has 4 heteroatoms. The summed E-state index contributed by atoms with van der Waals surface area (Å²) in [6, 6.07) is 0. The largest absolute Gasteiger partial charge is 0.393 e. The van der Waals surface area contributed by atoms with Gasteiger partial charge in [-0.15, -0.1) is 0 Å². The van der Waals surface area contributed by atoms with Crippen LogP contribution in [0.25, 0.3) is 0 Å². The van der Waals surface area contributed by atoms with Crippen LogP contribution in [0.3, 0.4) is 0 Å². The molecule has 0 bridgehead atoms. The summed E-state index contributed by atoms with van der Waals surface area (Å²) in [6.07, 6.45) is 0. The first-order valence-corrected chi connectivity index (χ1v) is 4.27. The van der Waals surface area contributed by atoms with Crippen molar-refractivity contribution in [2.24, 2.45) is 0 Å². The van der Waals surface area contributed by atoms with Crippen molar-refractivity contribution in [3.05, 3.63) is 0 Å². The van der Waals surface area contributed by atoms with E-state index in [0.717, 1.165) is 26.3 Å². The number of aliphatic hydroxyl groups is 2. The summed E-state index contributed by atoms with van der Waals surface area (Å²) in [7, 11) is 0. The number of hydrogen-bond donors (Lipinski definition) is 2. The van der Waals surface area contributed by atoms with E-state index in [9.17, 15) is 5.11 Å². The summed E-state index contributed by atoms with van der Waals surface area (Å²) in [5, 5.41) is 18.4. The van der Waals surface area contributed by atoms with Crippen LogP contribution in [0.15, 0.2) is 0 Å². The Bertz CT molecular complexity index is 132. The summed E-state index contributed by atoms with van der Waals surface area (Å²) < 4.78 is 5.16. The van der Waals surface area contributed by atoms with Gasteiger partial charge in [0.1, 0.15) is 0 Å². The molecule has 1 aliphatic rings. The molecule has 1 rings (SSSR count). The summed E-state index contributed by atoms with van der Waals surface area (Å²) in [4.78, 5) is 2.10. The molecule has 1 fully saturated rings. The third-order valence-electron chi connectivity index (χ3n) is 2.01. The van der Waals surface area contributed by atoms with Crippen LogP contribution in [0.5, 0.6) is 0 Å². The van der Waals surface area contributed by atoms with E-state index in [1.165, 1.54) is 0 Å². The zero-order valence-electron chi connectivity index (χ0n) is 7.49. The van der Waals surface area contributed by atoms with Crippen LogP contribution in [0, 0.1) is 0 Å². The van der Waals surface area contributed by atoms with Gasteiger partial charge in [0.2, 0.25) is 0 Å². The summed E-state index contributed by atoms with van der Waals surface area (Å²) in [5.41, 5.74) is -0.975. The first-order chi connectivity index (χ1) is 5.64. The quantitative estimate of drug-likeness (QED) is 0.581. The van der Waals surface area contributed by atoms with E-state index in [2.05, 4.69) is 4.90 Å². The van der Waals surface area contributed by atoms with Gasteiger partial charge in [-0.1, -0.05) is 0 Å². The van der Waals surface area contributed by atoms with Crippen LogP contribution in [0.4, 0.5) is 0 Å². The molecule has 0 spiro atoms. The zero-order chi connectivity index (χ0) is 9.03. The Balaban J connectivity index is 2.28. The highest BCUT2D eigenvalue weighted by atomic mass is 16.5. The monoisotopic (exact) mass is 175 g/mol. The molecule has 0 aromatic heterocycles. The van der Waals surface area contributed by atoms with Crippen molar-refractivity contribution in [1.82, 2.24) is 4.90 Å². The fourth-order valence-electron chi connectivity index (χ4n) is 1.29. The summed E-state index contributed by atoms with van der Waals surface area (Å²) >= 11 is 0. The van der Waals surface area contributed by atoms with Crippen LogP contribution in [0.2, 0.25) is 0 Å². The molecule has 0 amide bonds. The van der Waals surface area contributed by atoms with Gasteiger partial charge in [0.25, 0.3) is 0 Å². The number of morpholine rings is 1. The van der Waals surface area contributed by atoms with Gasteiger partial charge in [0.05, 0.1) is 25.4 Å². The highest BCUT2D eigenvalue weighted by molar-refractivity contribution is 4.77. The topological polar surface area (TPSA) is 52.9 Å². The molecule has 12 heavy (non-hydrogen) atoms. The number of nitrogens with zero attached hydrogens (tertiary/aromatic N) is 1. The molecule has 0 radical (unpaired) electrons. The van der Waals surface area contributed by atoms with Crippen LogP contribution in [-0.4, -0.2) is 60.2 Å². The fraction of sp³-hybridized carbons (Fsp3) is 1.00. The molecule has 1 heterocycles. The van der Waals surface area contributed by atoms with Gasteiger partial charge in [-0.2, -0.15) is 0 Å². The van der Waals surface area contributed by atoms with Crippen molar-refractivity contribution in [1.29, 1.82) is 0 Å². The Kier molecular flexibility index (Phi) is 3.46. The van der Waals surface area contributed by atoms with Crippen molar-refractivity contribution in [3.63, 3.8) is 0 Å². The number of rotatable bonds is 3. The van der Waals surface area contributed by atoms with E-state index in [1.54, 1.807) is 6.92 Å². The summed E-state index contributed by atoms with van der Waals surface area (Å²) in [5.74, 6) is 0. The first-order valence-electron chi connectivity index (χ1n) is 4.27. The Hall–Kier alpha value is -0.160. The standard InChI is InChI=1S/C8H17NO3/c1-8(11,7-10)6-9-2-4-12-5-3-9/h10-11H,2-7H2,1H3. The van der Waals surface area contributed by atoms with E-state index >= 15 is 0 Å². The van der Waals surface area contributed by atoms with Crippen LogP contribution in [0.1, 0.15) is 6.92 Å². The third-order valence-corrected chi connectivity index (χ3v) is 2.01. The molecular weight excluding hydrogens is 158 g/mol. The molecule has 1 atom stereocenters. The highest BCUT2D eigenvalue weighted by Gasteiger charge is 2.23. The average Bonchev–Trinajstić information content (AvgIpc) is 2.06. The molecule has 1 unspecified atom stereocenters. The van der Waals surface area contributed by atoms with Crippen molar-refractivity contribution in [2.45, 2.75) is 12.5 Å². The second-order valence-corrected chi connectivity index (χ2v) is 3.54. The summed E-state index contributed by atoms with van der Waals surface area (Å²) in [6.45, 7) is 5.11. The average molecular weight is 175 g/mol. The van der Waals surface area contributed by atoms with Crippen molar-refractivity contribution >= 4 is 0 Å². The molecule has 4 nitrogen and oxygen atoms in total. The predicted molar refractivity (Wildman–Crippen MR) is 45.0 cm³/mol. The molecular formula is C8H17NO3. The lowest BCUT2D eigenvalue weighted by Gasteiger charge is -2.32. The number of β-amino-alcohol motifs (C(OH)–C–C–N with tert-alkyl or cyclic N) is 1. The SMILES string of the molecule is CC(O)(CO)CN1CCOCC1. The first kappa shape index (κ1) is 9.92. The molecule has 0 aromatic carbocycles. The number of ether oxygens (including phenoxy) is 1. The number of aliphatic hydroxyl groups excluding tert-OH is 1. The van der Waals surface area contributed by atoms with Gasteiger partial charge in [-0.05, 0) is 6.92 Å². The molecule has 1 aliphatic heterocycles. The smallest absolute Gasteiger partial charge is 0.0975 e. The minimum atomic E-state index is -0.975. The van der Waals surface area contributed by atoms with Gasteiger partial charge in [0.15, 0.2) is 0 Å². The van der Waals surface area contributed by atoms with Gasteiger partial charge in [-0.3, -0.25) is 4.90 Å². The predicted octanol–water partition coefficient (Wildman–Crippen LogP) is -0.938. The maximum absolute atomic E-state index is 9.54. The van der Waals surface area contributed by atoms with Crippen molar-refractivity contribution < 1.29 is 14.9 Å². The molecule has 0 aliphatic carbocycles. The lowest BCUT2D eigenvalue weighted by Crippen LogP contribution is -2.47. The lowest BCUT2D eigenvalue weighted by molar-refractivity contribution is -0.0488. The maximum atomic E-state index is 9.54. The molecule has 2 N–H and O–H groups in total. The van der Waals surface area contributed by atoms with Crippen LogP contribution < -0.4 is 0 Å². The second kappa shape index (κ2) is 4.18. The van der Waals surface area contributed by atoms with Gasteiger partial charge < -0.3 is 14.9 Å². The maximum Gasteiger partial charge on any atom is 0.0975 e. The molecule has 72 valence electrons. The Labute approximate surface area is 72.7 Å². The third kappa shape index (κ3) is 3.06. The van der Waals surface area contributed by atoms with E-state index in [4.69, 9.17) is 9.84 Å². The van der Waals surface area contributed by atoms with Gasteiger partial charge in [0, 0.05) is 19.6 Å². The van der Waals surface area contributed by atoms with E-state index in [-0.39, 0.29) is 6.61 Å². The Morgan fingerprint density at radius 3 is 2.50 bits per heavy atom. The minimum Gasteiger partial charge on any atom is -0.393 e. The normalized spacial score (nSPS) is 25.2. The van der Waals surface area contributed by atoms with Crippen LogP contribution >= 0.6 is 0 Å². The fourth-order valence-corrected chi connectivity index (χ4v) is 1.29. The lowest BCUT2D eigenvalue weighted by atomic mass is 10.1. The van der Waals surface area contributed by atoms with E-state index in [0.29, 0.717) is 6.54 Å². The Morgan fingerprint density at radius 2 is 2.00 bits per heavy atom. The van der Waals surface area contributed by atoms with E-state index < -0.39 is 5.60 Å². The number of hydrogen-bond acceptors (Lipinski definition) is 4. The zero-order valence-corrected chi connectivity index (χ0v) is 7.49. The molecule has 0 aromatic rings. The minimum absolute atomic E-state index is 0.190. The Morgan fingerprint density at radius 1 is 1.42 bits per heavy atom. The van der Waals surface area contributed by atoms with Crippen LogP contribution in [-0.2, 0) is 4.74 Å². The van der Waals surface area contributed by atoms with Crippen molar-refractivity contribution in [3.8, 4) is 0 Å². The van der Waals surface area contributed by atoms with Gasteiger partial charge >= 0.3 is 0 Å².